The highest BCUT2D eigenvalue weighted by Crippen LogP contribution is 2.60. The van der Waals surface area contributed by atoms with Gasteiger partial charge >= 0.3 is 0 Å². The molecular weight excluding hydrogens is 220 g/mol. The van der Waals surface area contributed by atoms with E-state index in [4.69, 9.17) is 0 Å². The van der Waals surface area contributed by atoms with Crippen LogP contribution in [-0.2, 0) is 6.54 Å². The predicted molar refractivity (Wildman–Crippen MR) is 74.4 cm³/mol. The zero-order chi connectivity index (χ0) is 12.0. The van der Waals surface area contributed by atoms with Crippen molar-refractivity contribution in [2.45, 2.75) is 32.2 Å². The molecule has 2 aromatic rings. The maximum atomic E-state index is 3.69. The van der Waals surface area contributed by atoms with E-state index in [-0.39, 0.29) is 0 Å². The molecule has 0 saturated heterocycles. The molecule has 0 radical (unpaired) electrons. The van der Waals surface area contributed by atoms with Crippen molar-refractivity contribution in [2.24, 2.45) is 11.3 Å². The second-order valence-electron chi connectivity index (χ2n) is 6.10. The lowest BCUT2D eigenvalue weighted by molar-refractivity contribution is 0.404. The van der Waals surface area contributed by atoms with Crippen LogP contribution in [0.25, 0.3) is 10.9 Å². The first kappa shape index (κ1) is 10.6. The average molecular weight is 240 g/mol. The lowest BCUT2D eigenvalue weighted by Gasteiger charge is -2.15. The lowest BCUT2D eigenvalue weighted by atomic mass is 10.0. The molecule has 0 aliphatic heterocycles. The van der Waals surface area contributed by atoms with Crippen LogP contribution in [0, 0.1) is 11.3 Å². The Morgan fingerprint density at radius 1 is 1.22 bits per heavy atom. The molecular formula is C16H20N2. The zero-order valence-electron chi connectivity index (χ0n) is 10.7. The standard InChI is InChI=1S/C16H20N2/c1-2-12(14-6-9-18-15(14)3-1)10-17-11-16(7-8-16)13-4-5-13/h1-3,6,9,13,17-18H,4-5,7-8,10-11H2. The van der Waals surface area contributed by atoms with E-state index in [0.717, 1.165) is 12.5 Å². The summed E-state index contributed by atoms with van der Waals surface area (Å²) in [4.78, 5) is 3.28. The molecule has 0 unspecified atom stereocenters. The molecule has 2 N–H and O–H groups in total. The van der Waals surface area contributed by atoms with Gasteiger partial charge in [0.1, 0.15) is 0 Å². The molecule has 1 aromatic carbocycles. The van der Waals surface area contributed by atoms with Crippen LogP contribution >= 0.6 is 0 Å². The number of benzene rings is 1. The maximum absolute atomic E-state index is 3.69. The summed E-state index contributed by atoms with van der Waals surface area (Å²) in [6.07, 6.45) is 7.91. The summed E-state index contributed by atoms with van der Waals surface area (Å²) in [6.45, 7) is 2.22. The minimum absolute atomic E-state index is 0.700. The van der Waals surface area contributed by atoms with Gasteiger partial charge in [0.2, 0.25) is 0 Å². The molecule has 2 saturated carbocycles. The van der Waals surface area contributed by atoms with Gasteiger partial charge in [-0.2, -0.15) is 0 Å². The van der Waals surface area contributed by atoms with Gasteiger partial charge in [-0.1, -0.05) is 12.1 Å². The number of nitrogens with one attached hydrogen (secondary N) is 2. The fraction of sp³-hybridized carbons (Fsp3) is 0.500. The van der Waals surface area contributed by atoms with Crippen molar-refractivity contribution in [1.29, 1.82) is 0 Å². The normalized spacial score (nSPS) is 21.3. The summed E-state index contributed by atoms with van der Waals surface area (Å²) in [5, 5.41) is 5.06. The van der Waals surface area contributed by atoms with Gasteiger partial charge in [0.05, 0.1) is 0 Å². The highest BCUT2D eigenvalue weighted by atomic mass is 14.9. The number of H-pyrrole nitrogens is 1. The highest BCUT2D eigenvalue weighted by Gasteiger charge is 2.53. The van der Waals surface area contributed by atoms with Crippen LogP contribution in [0.4, 0.5) is 0 Å². The van der Waals surface area contributed by atoms with E-state index in [2.05, 4.69) is 34.6 Å². The second kappa shape index (κ2) is 3.86. The monoisotopic (exact) mass is 240 g/mol. The van der Waals surface area contributed by atoms with Crippen molar-refractivity contribution >= 4 is 10.9 Å². The molecule has 2 nitrogen and oxygen atoms in total. The van der Waals surface area contributed by atoms with E-state index in [9.17, 15) is 0 Å². The first-order valence-electron chi connectivity index (χ1n) is 7.13. The molecule has 94 valence electrons. The van der Waals surface area contributed by atoms with E-state index >= 15 is 0 Å². The number of aromatic nitrogens is 1. The Balaban J connectivity index is 1.44. The topological polar surface area (TPSA) is 27.8 Å². The smallest absolute Gasteiger partial charge is 0.0457 e. The van der Waals surface area contributed by atoms with Crippen molar-refractivity contribution in [2.75, 3.05) is 6.54 Å². The van der Waals surface area contributed by atoms with Crippen molar-refractivity contribution in [1.82, 2.24) is 10.3 Å². The van der Waals surface area contributed by atoms with E-state index in [0.29, 0.717) is 5.41 Å². The van der Waals surface area contributed by atoms with Gasteiger partial charge < -0.3 is 10.3 Å². The third-order valence-corrected chi connectivity index (χ3v) is 4.81. The Kier molecular flexibility index (Phi) is 2.28. The summed E-state index contributed by atoms with van der Waals surface area (Å²) in [5.41, 5.74) is 3.37. The van der Waals surface area contributed by atoms with Gasteiger partial charge in [-0.3, -0.25) is 0 Å². The van der Waals surface area contributed by atoms with E-state index in [1.54, 1.807) is 0 Å². The predicted octanol–water partition coefficient (Wildman–Crippen LogP) is 3.45. The molecule has 2 aliphatic carbocycles. The molecule has 2 heteroatoms. The number of rotatable bonds is 5. The number of aromatic amines is 1. The molecule has 1 aromatic heterocycles. The van der Waals surface area contributed by atoms with E-state index < -0.39 is 0 Å². The minimum atomic E-state index is 0.700. The molecule has 4 rings (SSSR count). The average Bonchev–Trinajstić information content (AvgIpc) is 3.28. The fourth-order valence-corrected chi connectivity index (χ4v) is 3.34. The summed E-state index contributed by atoms with van der Waals surface area (Å²) >= 11 is 0. The van der Waals surface area contributed by atoms with Gasteiger partial charge in [0.15, 0.2) is 0 Å². The maximum Gasteiger partial charge on any atom is 0.0457 e. The molecule has 2 fully saturated rings. The van der Waals surface area contributed by atoms with Gasteiger partial charge in [-0.05, 0) is 54.7 Å². The number of hydrogen-bond donors (Lipinski definition) is 2. The van der Waals surface area contributed by atoms with Crippen LogP contribution < -0.4 is 5.32 Å². The highest BCUT2D eigenvalue weighted by molar-refractivity contribution is 5.82. The quantitative estimate of drug-likeness (QED) is 0.823. The minimum Gasteiger partial charge on any atom is -0.361 e. The van der Waals surface area contributed by atoms with Crippen LogP contribution in [0.3, 0.4) is 0 Å². The van der Waals surface area contributed by atoms with Gasteiger partial charge in [0.25, 0.3) is 0 Å². The zero-order valence-corrected chi connectivity index (χ0v) is 10.7. The van der Waals surface area contributed by atoms with Crippen LogP contribution in [-0.4, -0.2) is 11.5 Å². The summed E-state index contributed by atoms with van der Waals surface area (Å²) in [7, 11) is 0. The van der Waals surface area contributed by atoms with Crippen molar-refractivity contribution in [3.8, 4) is 0 Å². The van der Waals surface area contributed by atoms with Crippen LogP contribution in [0.2, 0.25) is 0 Å². The Hall–Kier alpha value is -1.28. The lowest BCUT2D eigenvalue weighted by Crippen LogP contribution is -2.25. The Bertz CT molecular complexity index is 561. The second-order valence-corrected chi connectivity index (χ2v) is 6.10. The van der Waals surface area contributed by atoms with Crippen LogP contribution in [0.15, 0.2) is 30.5 Å². The molecule has 0 atom stereocenters. The molecule has 0 spiro atoms. The SMILES string of the molecule is c1cc(CNCC2(C3CC3)CC2)c2cc[nH]c2c1. The van der Waals surface area contributed by atoms with Crippen molar-refractivity contribution < 1.29 is 0 Å². The van der Waals surface area contributed by atoms with Gasteiger partial charge in [-0.15, -0.1) is 0 Å². The third kappa shape index (κ3) is 1.76. The Morgan fingerprint density at radius 2 is 2.11 bits per heavy atom. The van der Waals surface area contributed by atoms with E-state index in [1.807, 2.05) is 6.20 Å². The van der Waals surface area contributed by atoms with Crippen LogP contribution in [0.5, 0.6) is 0 Å². The van der Waals surface area contributed by atoms with Crippen LogP contribution in [0.1, 0.15) is 31.2 Å². The first-order chi connectivity index (χ1) is 8.87. The third-order valence-electron chi connectivity index (χ3n) is 4.81. The Morgan fingerprint density at radius 3 is 2.89 bits per heavy atom. The molecule has 0 bridgehead atoms. The van der Waals surface area contributed by atoms with Gasteiger partial charge in [0, 0.05) is 30.2 Å². The fourth-order valence-electron chi connectivity index (χ4n) is 3.34. The summed E-state index contributed by atoms with van der Waals surface area (Å²) in [5.74, 6) is 1.05. The van der Waals surface area contributed by atoms with Gasteiger partial charge in [-0.25, -0.2) is 0 Å². The number of hydrogen-bond acceptors (Lipinski definition) is 1. The molecule has 2 aliphatic rings. The molecule has 0 amide bonds. The Labute approximate surface area is 108 Å². The van der Waals surface area contributed by atoms with Crippen molar-refractivity contribution in [3.05, 3.63) is 36.0 Å². The van der Waals surface area contributed by atoms with E-state index in [1.165, 1.54) is 48.7 Å². The molecule has 1 heterocycles. The summed E-state index contributed by atoms with van der Waals surface area (Å²) in [6, 6.07) is 8.70. The van der Waals surface area contributed by atoms with Crippen molar-refractivity contribution in [3.63, 3.8) is 0 Å². The number of fused-ring (bicyclic) bond motifs is 1. The molecule has 18 heavy (non-hydrogen) atoms. The first-order valence-corrected chi connectivity index (χ1v) is 7.13. The largest absolute Gasteiger partial charge is 0.361 e. The summed E-state index contributed by atoms with van der Waals surface area (Å²) < 4.78 is 0.